The molecule has 0 aliphatic carbocycles. The smallest absolute Gasteiger partial charge is 0.0457 e. The minimum absolute atomic E-state index is 0.780. The third kappa shape index (κ3) is 2.20. The van der Waals surface area contributed by atoms with Crippen LogP contribution < -0.4 is 5.32 Å². The van der Waals surface area contributed by atoms with Crippen molar-refractivity contribution in [2.45, 2.75) is 13.0 Å². The Morgan fingerprint density at radius 2 is 2.20 bits per heavy atom. The van der Waals surface area contributed by atoms with Crippen LogP contribution in [0.25, 0.3) is 10.9 Å². The Bertz CT molecular complexity index is 476. The summed E-state index contributed by atoms with van der Waals surface area (Å²) in [7, 11) is 0. The summed E-state index contributed by atoms with van der Waals surface area (Å²) in [4.78, 5) is 3.25. The number of nitrogens with one attached hydrogen (secondary N) is 2. The average Bonchev–Trinajstić information content (AvgIpc) is 2.68. The van der Waals surface area contributed by atoms with E-state index in [-0.39, 0.29) is 0 Å². The number of fused-ring (bicyclic) bond motifs is 1. The maximum Gasteiger partial charge on any atom is 0.0457 e. The predicted molar refractivity (Wildman–Crippen MR) is 63.5 cm³/mol. The zero-order valence-corrected chi connectivity index (χ0v) is 8.59. The van der Waals surface area contributed by atoms with Crippen LogP contribution in [-0.2, 0) is 6.54 Å². The second-order valence-corrected chi connectivity index (χ2v) is 3.49. The Kier molecular flexibility index (Phi) is 3.06. The van der Waals surface area contributed by atoms with Gasteiger partial charge in [0.05, 0.1) is 0 Å². The van der Waals surface area contributed by atoms with E-state index in [4.69, 9.17) is 6.42 Å². The summed E-state index contributed by atoms with van der Waals surface area (Å²) in [6.07, 6.45) is 8.01. The zero-order chi connectivity index (χ0) is 10.5. The molecule has 0 unspecified atom stereocenters. The van der Waals surface area contributed by atoms with Gasteiger partial charge in [-0.1, -0.05) is 18.2 Å². The van der Waals surface area contributed by atoms with Crippen LogP contribution in [0.5, 0.6) is 0 Å². The van der Waals surface area contributed by atoms with Crippen molar-refractivity contribution in [3.8, 4) is 12.3 Å². The molecule has 15 heavy (non-hydrogen) atoms. The number of H-pyrrole nitrogens is 1. The highest BCUT2D eigenvalue weighted by Crippen LogP contribution is 2.16. The molecule has 0 saturated carbocycles. The number of para-hydroxylation sites is 1. The first-order valence-electron chi connectivity index (χ1n) is 5.11. The van der Waals surface area contributed by atoms with Crippen LogP contribution >= 0.6 is 0 Å². The summed E-state index contributed by atoms with van der Waals surface area (Å²) in [6.45, 7) is 1.74. The summed E-state index contributed by atoms with van der Waals surface area (Å²) in [5.74, 6) is 2.61. The fourth-order valence-electron chi connectivity index (χ4n) is 1.66. The lowest BCUT2D eigenvalue weighted by Gasteiger charge is -2.00. The Morgan fingerprint density at radius 1 is 1.33 bits per heavy atom. The highest BCUT2D eigenvalue weighted by molar-refractivity contribution is 5.82. The van der Waals surface area contributed by atoms with Crippen molar-refractivity contribution < 1.29 is 0 Å². The minimum Gasteiger partial charge on any atom is -0.361 e. The summed E-state index contributed by atoms with van der Waals surface area (Å²) in [5.41, 5.74) is 2.48. The highest BCUT2D eigenvalue weighted by atomic mass is 14.9. The molecule has 0 radical (unpaired) electrons. The second kappa shape index (κ2) is 4.68. The summed E-state index contributed by atoms with van der Waals surface area (Å²) in [6, 6.07) is 8.31. The standard InChI is InChI=1S/C13H14N2/c1-2-3-8-14-9-11-10-15-13-7-5-4-6-12(11)13/h1,4-7,10,14-15H,3,8-9H2. The largest absolute Gasteiger partial charge is 0.361 e. The molecule has 76 valence electrons. The van der Waals surface area contributed by atoms with Crippen LogP contribution in [0.1, 0.15) is 12.0 Å². The molecule has 2 nitrogen and oxygen atoms in total. The van der Waals surface area contributed by atoms with E-state index in [1.165, 1.54) is 16.5 Å². The lowest BCUT2D eigenvalue weighted by atomic mass is 10.2. The molecule has 1 heterocycles. The van der Waals surface area contributed by atoms with Crippen LogP contribution in [0, 0.1) is 12.3 Å². The topological polar surface area (TPSA) is 27.8 Å². The van der Waals surface area contributed by atoms with Crippen LogP contribution in [0.15, 0.2) is 30.5 Å². The fourth-order valence-corrected chi connectivity index (χ4v) is 1.66. The van der Waals surface area contributed by atoms with E-state index in [2.05, 4.69) is 34.4 Å². The van der Waals surface area contributed by atoms with Gasteiger partial charge in [0, 0.05) is 36.6 Å². The number of rotatable bonds is 4. The van der Waals surface area contributed by atoms with Crippen molar-refractivity contribution in [2.24, 2.45) is 0 Å². The number of hydrogen-bond acceptors (Lipinski definition) is 1. The van der Waals surface area contributed by atoms with Crippen LogP contribution in [0.3, 0.4) is 0 Å². The number of benzene rings is 1. The molecule has 1 aromatic heterocycles. The predicted octanol–water partition coefficient (Wildman–Crippen LogP) is 2.28. The van der Waals surface area contributed by atoms with Gasteiger partial charge in [0.1, 0.15) is 0 Å². The van der Waals surface area contributed by atoms with E-state index < -0.39 is 0 Å². The lowest BCUT2D eigenvalue weighted by molar-refractivity contribution is 0.704. The maximum absolute atomic E-state index is 5.18. The van der Waals surface area contributed by atoms with E-state index in [1.807, 2.05) is 12.3 Å². The average molecular weight is 198 g/mol. The molecule has 0 saturated heterocycles. The van der Waals surface area contributed by atoms with Gasteiger partial charge in [-0.2, -0.15) is 0 Å². The molecule has 0 aliphatic rings. The first-order chi connectivity index (χ1) is 7.42. The Balaban J connectivity index is 2.05. The first-order valence-corrected chi connectivity index (χ1v) is 5.11. The van der Waals surface area contributed by atoms with Crippen LogP contribution in [-0.4, -0.2) is 11.5 Å². The highest BCUT2D eigenvalue weighted by Gasteiger charge is 2.00. The van der Waals surface area contributed by atoms with Crippen molar-refractivity contribution >= 4 is 10.9 Å². The molecule has 0 atom stereocenters. The molecule has 0 aliphatic heterocycles. The van der Waals surface area contributed by atoms with Crippen molar-refractivity contribution in [3.63, 3.8) is 0 Å². The van der Waals surface area contributed by atoms with Gasteiger partial charge in [0.15, 0.2) is 0 Å². The normalized spacial score (nSPS) is 10.3. The Hall–Kier alpha value is -1.72. The number of hydrogen-bond donors (Lipinski definition) is 2. The number of terminal acetylenes is 1. The van der Waals surface area contributed by atoms with E-state index in [1.54, 1.807) is 0 Å². The summed E-state index contributed by atoms with van der Waals surface area (Å²) in [5, 5.41) is 4.60. The van der Waals surface area contributed by atoms with Gasteiger partial charge in [0.2, 0.25) is 0 Å². The van der Waals surface area contributed by atoms with E-state index in [0.717, 1.165) is 19.5 Å². The molecule has 0 spiro atoms. The molecule has 0 bridgehead atoms. The van der Waals surface area contributed by atoms with Crippen molar-refractivity contribution in [1.82, 2.24) is 10.3 Å². The zero-order valence-electron chi connectivity index (χ0n) is 8.59. The van der Waals surface area contributed by atoms with E-state index in [0.29, 0.717) is 0 Å². The molecule has 0 amide bonds. The van der Waals surface area contributed by atoms with Gasteiger partial charge in [0.25, 0.3) is 0 Å². The molecule has 2 N–H and O–H groups in total. The van der Waals surface area contributed by atoms with E-state index >= 15 is 0 Å². The van der Waals surface area contributed by atoms with Crippen LogP contribution in [0.2, 0.25) is 0 Å². The molecular weight excluding hydrogens is 184 g/mol. The molecule has 0 fully saturated rings. The first kappa shape index (κ1) is 9.82. The molecular formula is C13H14N2. The Morgan fingerprint density at radius 3 is 3.07 bits per heavy atom. The monoisotopic (exact) mass is 198 g/mol. The van der Waals surface area contributed by atoms with Crippen molar-refractivity contribution in [1.29, 1.82) is 0 Å². The maximum atomic E-state index is 5.18. The van der Waals surface area contributed by atoms with Gasteiger partial charge in [-0.25, -0.2) is 0 Å². The Labute approximate surface area is 89.7 Å². The quantitative estimate of drug-likeness (QED) is 0.572. The van der Waals surface area contributed by atoms with Gasteiger partial charge in [-0.3, -0.25) is 0 Å². The summed E-state index contributed by atoms with van der Waals surface area (Å²) >= 11 is 0. The number of aromatic amines is 1. The third-order valence-electron chi connectivity index (χ3n) is 2.44. The molecule has 1 aromatic carbocycles. The van der Waals surface area contributed by atoms with Crippen LogP contribution in [0.4, 0.5) is 0 Å². The molecule has 2 rings (SSSR count). The van der Waals surface area contributed by atoms with Gasteiger partial charge >= 0.3 is 0 Å². The third-order valence-corrected chi connectivity index (χ3v) is 2.44. The summed E-state index contributed by atoms with van der Waals surface area (Å²) < 4.78 is 0. The SMILES string of the molecule is C#CCCNCc1c[nH]c2ccccc12. The fraction of sp³-hybridized carbons (Fsp3) is 0.231. The molecule has 2 heteroatoms. The lowest BCUT2D eigenvalue weighted by Crippen LogP contribution is -2.13. The number of aromatic nitrogens is 1. The van der Waals surface area contributed by atoms with Gasteiger partial charge < -0.3 is 10.3 Å². The van der Waals surface area contributed by atoms with Crippen molar-refractivity contribution in [2.75, 3.05) is 6.54 Å². The van der Waals surface area contributed by atoms with E-state index in [9.17, 15) is 0 Å². The van der Waals surface area contributed by atoms with Gasteiger partial charge in [-0.15, -0.1) is 12.3 Å². The molecule has 2 aromatic rings. The van der Waals surface area contributed by atoms with Gasteiger partial charge in [-0.05, 0) is 11.6 Å². The second-order valence-electron chi connectivity index (χ2n) is 3.49. The van der Waals surface area contributed by atoms with Crippen molar-refractivity contribution in [3.05, 3.63) is 36.0 Å². The minimum atomic E-state index is 0.780.